The lowest BCUT2D eigenvalue weighted by molar-refractivity contribution is 0.251. The first kappa shape index (κ1) is 21.4. The number of nitrogens with zero attached hydrogens (tertiary/aromatic N) is 4. The number of fused-ring (bicyclic) bond motifs is 1. The number of aryl methyl sites for hydroxylation is 1. The molecule has 0 fully saturated rings. The number of amides is 2. The molecule has 3 aromatic heterocycles. The van der Waals surface area contributed by atoms with Crippen molar-refractivity contribution < 1.29 is 13.2 Å². The Labute approximate surface area is 185 Å². The molecule has 3 N–H and O–H groups in total. The summed E-state index contributed by atoms with van der Waals surface area (Å²) in [5.74, 6) is 0.401. The summed E-state index contributed by atoms with van der Waals surface area (Å²) in [6.07, 6.45) is 5.10. The Morgan fingerprint density at radius 3 is 2.62 bits per heavy atom. The van der Waals surface area contributed by atoms with Crippen molar-refractivity contribution in [3.63, 3.8) is 0 Å². The van der Waals surface area contributed by atoms with Gasteiger partial charge in [0.1, 0.15) is 5.82 Å². The van der Waals surface area contributed by atoms with Crippen molar-refractivity contribution in [1.29, 1.82) is 0 Å². The standard InChI is InChI=1S/C21H21N7O3S/c1-14-7-18(5-6-22-14)28-19-13-23-20(9-17(19)12-25-28)27-21(29)24-10-15-3-2-4-16(8-15)11-26-32(30)31/h2-9,12-13,32H,10-11H2,1H3,(H,26,30,31)(H2,23,24,27,29). The van der Waals surface area contributed by atoms with Crippen molar-refractivity contribution in [2.45, 2.75) is 20.0 Å². The molecule has 0 unspecified atom stereocenters. The van der Waals surface area contributed by atoms with Crippen LogP contribution in [-0.2, 0) is 24.0 Å². The van der Waals surface area contributed by atoms with Crippen molar-refractivity contribution in [1.82, 2.24) is 29.8 Å². The van der Waals surface area contributed by atoms with E-state index in [0.29, 0.717) is 5.82 Å². The second-order valence-corrected chi connectivity index (χ2v) is 7.89. The lowest BCUT2D eigenvalue weighted by Gasteiger charge is -2.09. The number of carbonyl (C=O) groups excluding carboxylic acids is 1. The van der Waals surface area contributed by atoms with E-state index in [1.807, 2.05) is 37.3 Å². The first-order chi connectivity index (χ1) is 15.5. The third-order valence-electron chi connectivity index (χ3n) is 4.68. The van der Waals surface area contributed by atoms with E-state index < -0.39 is 16.9 Å². The molecule has 0 aliphatic rings. The number of urea groups is 1. The van der Waals surface area contributed by atoms with Gasteiger partial charge in [-0.15, -0.1) is 0 Å². The monoisotopic (exact) mass is 451 g/mol. The fourth-order valence-corrected chi connectivity index (χ4v) is 3.52. The molecule has 0 aliphatic carbocycles. The Morgan fingerprint density at radius 1 is 1.03 bits per heavy atom. The fraction of sp³-hybridized carbons (Fsp3) is 0.143. The average Bonchev–Trinajstić information content (AvgIpc) is 3.20. The number of hydrogen-bond donors (Lipinski definition) is 4. The highest BCUT2D eigenvalue weighted by atomic mass is 32.2. The summed E-state index contributed by atoms with van der Waals surface area (Å²) < 4.78 is 25.4. The minimum atomic E-state index is -2.65. The van der Waals surface area contributed by atoms with Gasteiger partial charge in [-0.3, -0.25) is 10.3 Å². The Balaban J connectivity index is 1.39. The van der Waals surface area contributed by atoms with Gasteiger partial charge >= 0.3 is 6.03 Å². The number of hydrogen-bond acceptors (Lipinski definition) is 6. The summed E-state index contributed by atoms with van der Waals surface area (Å²) in [6, 6.07) is 12.4. The molecule has 2 amide bonds. The summed E-state index contributed by atoms with van der Waals surface area (Å²) >= 11 is 0. The van der Waals surface area contributed by atoms with Crippen LogP contribution in [0.15, 0.2) is 61.1 Å². The van der Waals surface area contributed by atoms with Gasteiger partial charge in [0, 0.05) is 30.4 Å². The first-order valence-corrected chi connectivity index (χ1v) is 10.9. The molecule has 164 valence electrons. The first-order valence-electron chi connectivity index (χ1n) is 9.75. The number of carbonyl (C=O) groups is 1. The quantitative estimate of drug-likeness (QED) is 0.318. The van der Waals surface area contributed by atoms with Crippen molar-refractivity contribution in [3.8, 4) is 5.69 Å². The SMILES string of the molecule is Cc1cc(-n2ncc3cc(NC(=O)NCc4cccc(CN[SH](=O)=O)c4)ncc32)ccn1. The molecule has 32 heavy (non-hydrogen) atoms. The molecule has 10 nitrogen and oxygen atoms in total. The fourth-order valence-electron chi connectivity index (χ4n) is 3.21. The van der Waals surface area contributed by atoms with Crippen LogP contribution < -0.4 is 15.4 Å². The highest BCUT2D eigenvalue weighted by Crippen LogP contribution is 2.20. The molecule has 0 aliphatic heterocycles. The third kappa shape index (κ3) is 5.25. The molecular formula is C21H21N7O3S. The Hall–Kier alpha value is -3.83. The second kappa shape index (κ2) is 9.54. The Kier molecular flexibility index (Phi) is 6.38. The molecule has 0 bridgehead atoms. The lowest BCUT2D eigenvalue weighted by atomic mass is 10.1. The van der Waals surface area contributed by atoms with E-state index in [1.165, 1.54) is 0 Å². The van der Waals surface area contributed by atoms with Crippen LogP contribution in [0.2, 0.25) is 0 Å². The summed E-state index contributed by atoms with van der Waals surface area (Å²) in [4.78, 5) is 20.8. The average molecular weight is 452 g/mol. The number of pyridine rings is 2. The maximum Gasteiger partial charge on any atom is 0.320 e. The van der Waals surface area contributed by atoms with Gasteiger partial charge in [-0.05, 0) is 36.2 Å². The van der Waals surface area contributed by atoms with E-state index in [1.54, 1.807) is 35.4 Å². The molecule has 0 atom stereocenters. The largest absolute Gasteiger partial charge is 0.334 e. The van der Waals surface area contributed by atoms with Crippen LogP contribution in [0.5, 0.6) is 0 Å². The number of benzene rings is 1. The van der Waals surface area contributed by atoms with Gasteiger partial charge in [0.25, 0.3) is 0 Å². The van der Waals surface area contributed by atoms with Crippen LogP contribution in [0.25, 0.3) is 16.6 Å². The molecule has 11 heteroatoms. The maximum absolute atomic E-state index is 12.3. The molecule has 4 aromatic rings. The van der Waals surface area contributed by atoms with Crippen LogP contribution >= 0.6 is 0 Å². The van der Waals surface area contributed by atoms with Gasteiger partial charge < -0.3 is 5.32 Å². The predicted molar refractivity (Wildman–Crippen MR) is 121 cm³/mol. The van der Waals surface area contributed by atoms with Crippen molar-refractivity contribution in [2.75, 3.05) is 5.32 Å². The number of nitrogens with one attached hydrogen (secondary N) is 3. The number of rotatable bonds is 7. The van der Waals surface area contributed by atoms with Crippen LogP contribution in [0.1, 0.15) is 16.8 Å². The van der Waals surface area contributed by atoms with Crippen LogP contribution in [0.4, 0.5) is 10.6 Å². The maximum atomic E-state index is 12.3. The molecule has 4 rings (SSSR count). The van der Waals surface area contributed by atoms with Gasteiger partial charge in [0.2, 0.25) is 10.9 Å². The molecular weight excluding hydrogens is 430 g/mol. The molecule has 0 radical (unpaired) electrons. The summed E-state index contributed by atoms with van der Waals surface area (Å²) in [6.45, 7) is 2.40. The molecule has 1 aromatic carbocycles. The molecule has 0 saturated carbocycles. The van der Waals surface area contributed by atoms with Gasteiger partial charge in [0.05, 0.1) is 23.6 Å². The van der Waals surface area contributed by atoms with Crippen molar-refractivity contribution in [2.24, 2.45) is 0 Å². The zero-order valence-corrected chi connectivity index (χ0v) is 18.0. The normalized spacial score (nSPS) is 11.1. The predicted octanol–water partition coefficient (Wildman–Crippen LogP) is 2.06. The highest BCUT2D eigenvalue weighted by molar-refractivity contribution is 7.70. The summed E-state index contributed by atoms with van der Waals surface area (Å²) in [7, 11) is -2.65. The van der Waals surface area contributed by atoms with E-state index >= 15 is 0 Å². The zero-order valence-electron chi connectivity index (χ0n) is 17.1. The minimum absolute atomic E-state index is 0.204. The van der Waals surface area contributed by atoms with Gasteiger partial charge in [-0.25, -0.2) is 27.6 Å². The van der Waals surface area contributed by atoms with E-state index in [0.717, 1.165) is 33.4 Å². The molecule has 0 saturated heterocycles. The second-order valence-electron chi connectivity index (χ2n) is 7.06. The highest BCUT2D eigenvalue weighted by Gasteiger charge is 2.09. The Morgan fingerprint density at radius 2 is 1.84 bits per heavy atom. The van der Waals surface area contributed by atoms with E-state index in [2.05, 4.69) is 30.4 Å². The molecule has 0 spiro atoms. The van der Waals surface area contributed by atoms with Gasteiger partial charge in [-0.2, -0.15) is 5.10 Å². The summed E-state index contributed by atoms with van der Waals surface area (Å²) in [5.41, 5.74) is 4.23. The smallest absolute Gasteiger partial charge is 0.320 e. The van der Waals surface area contributed by atoms with Gasteiger partial charge in [-0.1, -0.05) is 24.3 Å². The number of anilines is 1. The van der Waals surface area contributed by atoms with Crippen molar-refractivity contribution >= 4 is 33.6 Å². The summed E-state index contributed by atoms with van der Waals surface area (Å²) in [5, 5.41) is 10.7. The number of thiol groups is 1. The lowest BCUT2D eigenvalue weighted by Crippen LogP contribution is -2.28. The topological polar surface area (TPSA) is 131 Å². The van der Waals surface area contributed by atoms with Crippen LogP contribution in [0, 0.1) is 6.92 Å². The number of aromatic nitrogens is 4. The molecule has 3 heterocycles. The van der Waals surface area contributed by atoms with Gasteiger partial charge in [0.15, 0.2) is 0 Å². The van der Waals surface area contributed by atoms with Crippen molar-refractivity contribution in [3.05, 3.63) is 77.9 Å². The van der Waals surface area contributed by atoms with E-state index in [-0.39, 0.29) is 13.1 Å². The van der Waals surface area contributed by atoms with E-state index in [4.69, 9.17) is 0 Å². The van der Waals surface area contributed by atoms with Crippen LogP contribution in [0.3, 0.4) is 0 Å². The van der Waals surface area contributed by atoms with E-state index in [9.17, 15) is 13.2 Å². The third-order valence-corrected chi connectivity index (χ3v) is 5.09. The Bertz CT molecular complexity index is 1340. The van der Waals surface area contributed by atoms with Crippen LogP contribution in [-0.4, -0.2) is 34.2 Å². The minimum Gasteiger partial charge on any atom is -0.334 e. The zero-order chi connectivity index (χ0) is 22.5.